The van der Waals surface area contributed by atoms with Crippen LogP contribution in [0.5, 0.6) is 0 Å². The van der Waals surface area contributed by atoms with Crippen molar-refractivity contribution in [2.75, 3.05) is 4.90 Å². The van der Waals surface area contributed by atoms with Gasteiger partial charge >= 0.3 is 0 Å². The van der Waals surface area contributed by atoms with Gasteiger partial charge in [0.05, 0.1) is 11.6 Å². The predicted octanol–water partition coefficient (Wildman–Crippen LogP) is 10.8. The van der Waals surface area contributed by atoms with Crippen LogP contribution in [0.4, 0.5) is 17.1 Å². The maximum Gasteiger partial charge on any atom is 0.0991 e. The number of anilines is 3. The van der Waals surface area contributed by atoms with Gasteiger partial charge in [-0.05, 0) is 103 Å². The molecule has 0 heterocycles. The molecule has 7 aromatic carbocycles. The monoisotopic (exact) mass is 536 g/mol. The molecular weight excluding hydrogens is 508 g/mol. The summed E-state index contributed by atoms with van der Waals surface area (Å²) < 4.78 is 0. The predicted molar refractivity (Wildman–Crippen MR) is 176 cm³/mol. The van der Waals surface area contributed by atoms with E-state index in [2.05, 4.69) is 128 Å². The van der Waals surface area contributed by atoms with Crippen LogP contribution < -0.4 is 4.90 Å². The van der Waals surface area contributed by atoms with Gasteiger partial charge in [-0.3, -0.25) is 0 Å². The lowest BCUT2D eigenvalue weighted by molar-refractivity contribution is 0.672. The van der Waals surface area contributed by atoms with Crippen molar-refractivity contribution in [1.29, 1.82) is 5.26 Å². The van der Waals surface area contributed by atoms with E-state index in [4.69, 9.17) is 0 Å². The Morgan fingerprint density at radius 3 is 1.83 bits per heavy atom. The number of nitrogens with zero attached hydrogens (tertiary/aromatic N) is 2. The number of hydrogen-bond acceptors (Lipinski definition) is 2. The summed E-state index contributed by atoms with van der Waals surface area (Å²) >= 11 is 0. The van der Waals surface area contributed by atoms with E-state index < -0.39 is 0 Å². The molecule has 0 N–H and O–H groups in total. The lowest BCUT2D eigenvalue weighted by Gasteiger charge is -2.27. The smallest absolute Gasteiger partial charge is 0.0991 e. The first-order valence-electron chi connectivity index (χ1n) is 14.4. The van der Waals surface area contributed by atoms with Crippen molar-refractivity contribution in [1.82, 2.24) is 0 Å². The second-order valence-electron chi connectivity index (χ2n) is 11.7. The molecule has 0 aliphatic heterocycles. The van der Waals surface area contributed by atoms with Gasteiger partial charge in [0.2, 0.25) is 0 Å². The van der Waals surface area contributed by atoms with Gasteiger partial charge < -0.3 is 4.90 Å². The molecular formula is C40H28N2. The maximum atomic E-state index is 9.36. The Hall–Kier alpha value is -5.39. The van der Waals surface area contributed by atoms with E-state index in [9.17, 15) is 5.26 Å². The van der Waals surface area contributed by atoms with Crippen LogP contribution in [0.3, 0.4) is 0 Å². The molecule has 1 aliphatic carbocycles. The molecule has 0 unspecified atom stereocenters. The number of rotatable bonds is 3. The summed E-state index contributed by atoms with van der Waals surface area (Å²) in [4.78, 5) is 2.26. The first kappa shape index (κ1) is 24.4. The second kappa shape index (κ2) is 9.06. The van der Waals surface area contributed by atoms with Gasteiger partial charge in [0.15, 0.2) is 0 Å². The van der Waals surface area contributed by atoms with Gasteiger partial charge in [-0.25, -0.2) is 0 Å². The highest BCUT2D eigenvalue weighted by Gasteiger charge is 2.39. The Kier molecular flexibility index (Phi) is 5.27. The topological polar surface area (TPSA) is 27.0 Å². The minimum atomic E-state index is -0.165. The largest absolute Gasteiger partial charge is 0.310 e. The van der Waals surface area contributed by atoms with Crippen LogP contribution in [0.2, 0.25) is 0 Å². The highest BCUT2D eigenvalue weighted by molar-refractivity contribution is 6.19. The van der Waals surface area contributed by atoms with Crippen molar-refractivity contribution in [3.8, 4) is 17.2 Å². The maximum absolute atomic E-state index is 9.36. The first-order chi connectivity index (χ1) is 20.6. The van der Waals surface area contributed by atoms with Crippen LogP contribution in [0.25, 0.3) is 43.4 Å². The van der Waals surface area contributed by atoms with Crippen molar-refractivity contribution in [2.24, 2.45) is 0 Å². The summed E-state index contributed by atoms with van der Waals surface area (Å²) in [5, 5.41) is 17.2. The molecule has 42 heavy (non-hydrogen) atoms. The van der Waals surface area contributed by atoms with Gasteiger partial charge in [0, 0.05) is 22.5 Å². The Labute approximate surface area is 245 Å². The van der Waals surface area contributed by atoms with Gasteiger partial charge in [-0.15, -0.1) is 0 Å². The molecule has 0 bridgehead atoms. The molecule has 0 saturated heterocycles. The molecule has 0 atom stereocenters. The van der Waals surface area contributed by atoms with Gasteiger partial charge in [0.1, 0.15) is 0 Å². The normalized spacial score (nSPS) is 13.2. The van der Waals surface area contributed by atoms with E-state index in [0.717, 1.165) is 17.1 Å². The number of nitriles is 1. The van der Waals surface area contributed by atoms with E-state index in [1.54, 1.807) is 0 Å². The third-order valence-electron chi connectivity index (χ3n) is 8.98. The standard InChI is InChI=1S/C40H28N2/c1-40(2)38-31-23-21-30(42(28-10-4-3-5-11-28)29-19-16-26(25-41)17-20-29)24-27(31)18-22-36(38)37-34-14-8-6-12-32(34)33-13-7-9-15-35(33)39(37)40/h3-24H,1-2H3. The third kappa shape index (κ3) is 3.44. The summed E-state index contributed by atoms with van der Waals surface area (Å²) in [6, 6.07) is 49.7. The molecule has 8 rings (SSSR count). The van der Waals surface area contributed by atoms with Crippen molar-refractivity contribution in [2.45, 2.75) is 19.3 Å². The number of para-hydroxylation sites is 1. The molecule has 0 radical (unpaired) electrons. The van der Waals surface area contributed by atoms with Gasteiger partial charge in [-0.2, -0.15) is 5.26 Å². The molecule has 2 heteroatoms. The second-order valence-corrected chi connectivity index (χ2v) is 11.7. The average molecular weight is 537 g/mol. The van der Waals surface area contributed by atoms with E-state index in [1.165, 1.54) is 54.6 Å². The Bertz CT molecular complexity index is 2220. The van der Waals surface area contributed by atoms with E-state index in [0.29, 0.717) is 5.56 Å². The van der Waals surface area contributed by atoms with E-state index >= 15 is 0 Å². The number of benzene rings is 7. The summed E-state index contributed by atoms with van der Waals surface area (Å²) in [6.45, 7) is 4.78. The van der Waals surface area contributed by atoms with Gasteiger partial charge in [-0.1, -0.05) is 98.8 Å². The van der Waals surface area contributed by atoms with Crippen molar-refractivity contribution in [3.05, 3.63) is 150 Å². The Morgan fingerprint density at radius 1 is 0.524 bits per heavy atom. The minimum absolute atomic E-state index is 0.165. The van der Waals surface area contributed by atoms with Crippen LogP contribution in [0.15, 0.2) is 133 Å². The number of hydrogen-bond donors (Lipinski definition) is 0. The highest BCUT2D eigenvalue weighted by atomic mass is 15.1. The van der Waals surface area contributed by atoms with Crippen LogP contribution in [0.1, 0.15) is 30.5 Å². The fourth-order valence-electron chi connectivity index (χ4n) is 7.24. The summed E-state index contributed by atoms with van der Waals surface area (Å²) in [7, 11) is 0. The van der Waals surface area contributed by atoms with Crippen LogP contribution in [-0.4, -0.2) is 0 Å². The van der Waals surface area contributed by atoms with Crippen LogP contribution in [0, 0.1) is 11.3 Å². The van der Waals surface area contributed by atoms with Crippen LogP contribution in [-0.2, 0) is 5.41 Å². The van der Waals surface area contributed by atoms with Crippen molar-refractivity contribution in [3.63, 3.8) is 0 Å². The molecule has 0 saturated carbocycles. The summed E-state index contributed by atoms with van der Waals surface area (Å²) in [6.07, 6.45) is 0. The molecule has 198 valence electrons. The van der Waals surface area contributed by atoms with Gasteiger partial charge in [0.25, 0.3) is 0 Å². The van der Waals surface area contributed by atoms with Crippen molar-refractivity contribution < 1.29 is 0 Å². The van der Waals surface area contributed by atoms with Crippen molar-refractivity contribution >= 4 is 49.4 Å². The summed E-state index contributed by atoms with van der Waals surface area (Å²) in [5.41, 5.74) is 9.20. The minimum Gasteiger partial charge on any atom is -0.310 e. The number of fused-ring (bicyclic) bond motifs is 10. The van der Waals surface area contributed by atoms with E-state index in [1.807, 2.05) is 30.3 Å². The zero-order valence-corrected chi connectivity index (χ0v) is 23.6. The first-order valence-corrected chi connectivity index (χ1v) is 14.4. The Morgan fingerprint density at radius 2 is 1.12 bits per heavy atom. The molecule has 2 nitrogen and oxygen atoms in total. The van der Waals surface area contributed by atoms with Crippen LogP contribution >= 0.6 is 0 Å². The molecule has 0 amide bonds. The summed E-state index contributed by atoms with van der Waals surface area (Å²) in [5.74, 6) is 0. The average Bonchev–Trinajstić information content (AvgIpc) is 3.29. The van der Waals surface area contributed by atoms with E-state index in [-0.39, 0.29) is 5.41 Å². The fraction of sp³-hybridized carbons (Fsp3) is 0.0750. The molecule has 0 spiro atoms. The molecule has 7 aromatic rings. The third-order valence-corrected chi connectivity index (χ3v) is 8.98. The highest BCUT2D eigenvalue weighted by Crippen LogP contribution is 2.56. The Balaban J connectivity index is 1.37. The lowest BCUT2D eigenvalue weighted by Crippen LogP contribution is -2.16. The molecule has 1 aliphatic rings. The molecule has 0 fully saturated rings. The fourth-order valence-corrected chi connectivity index (χ4v) is 7.24. The quantitative estimate of drug-likeness (QED) is 0.210. The zero-order valence-electron chi connectivity index (χ0n) is 23.6. The zero-order chi connectivity index (χ0) is 28.4. The SMILES string of the molecule is CC1(C)c2c(ccc3cc(N(c4ccccc4)c4ccc(C#N)cc4)ccc23)-c2c1c1ccccc1c1ccccc21. The lowest BCUT2D eigenvalue weighted by atomic mass is 9.78. The molecule has 0 aromatic heterocycles.